The highest BCUT2D eigenvalue weighted by Gasteiger charge is 2.52. The SMILES string of the molecule is COc1ccc(C(OC[C@@]2(COc3ccccc3)O[C@@H](n3cc(C)c(=O)[nH]c3=O)C[C@@H]2O)(c2ccccc2)c2ccc(OC)cc2)cc1. The number of benzene rings is 4. The van der Waals surface area contributed by atoms with E-state index in [9.17, 15) is 14.7 Å². The van der Waals surface area contributed by atoms with Gasteiger partial charge in [-0.25, -0.2) is 4.79 Å². The average Bonchev–Trinajstić information content (AvgIpc) is 3.46. The van der Waals surface area contributed by atoms with Gasteiger partial charge in [-0.3, -0.25) is 14.3 Å². The number of nitrogens with one attached hydrogen (secondary N) is 1. The predicted molar refractivity (Wildman–Crippen MR) is 180 cm³/mol. The molecule has 0 radical (unpaired) electrons. The van der Waals surface area contributed by atoms with Gasteiger partial charge in [-0.15, -0.1) is 0 Å². The molecular weight excluding hydrogens is 612 g/mol. The molecule has 0 unspecified atom stereocenters. The maximum atomic E-state index is 12.9. The summed E-state index contributed by atoms with van der Waals surface area (Å²) < 4.78 is 32.2. The number of aliphatic hydroxyl groups is 1. The van der Waals surface area contributed by atoms with Gasteiger partial charge in [0.1, 0.15) is 35.7 Å². The largest absolute Gasteiger partial charge is 0.497 e. The number of rotatable bonds is 12. The van der Waals surface area contributed by atoms with Crippen molar-refractivity contribution in [1.29, 1.82) is 0 Å². The molecule has 0 spiro atoms. The molecule has 0 amide bonds. The van der Waals surface area contributed by atoms with Gasteiger partial charge in [0.2, 0.25) is 0 Å². The molecule has 0 bridgehead atoms. The molecule has 1 aromatic heterocycles. The van der Waals surface area contributed by atoms with E-state index in [4.69, 9.17) is 23.7 Å². The number of aliphatic hydroxyl groups excluding tert-OH is 1. The number of hydrogen-bond acceptors (Lipinski definition) is 8. The van der Waals surface area contributed by atoms with Crippen LogP contribution in [0, 0.1) is 6.92 Å². The molecule has 0 aliphatic carbocycles. The van der Waals surface area contributed by atoms with E-state index in [2.05, 4.69) is 4.98 Å². The summed E-state index contributed by atoms with van der Waals surface area (Å²) in [5.41, 5.74) is -0.998. The van der Waals surface area contributed by atoms with Crippen LogP contribution in [0.25, 0.3) is 0 Å². The zero-order valence-corrected chi connectivity index (χ0v) is 27.0. The molecule has 48 heavy (non-hydrogen) atoms. The molecule has 1 fully saturated rings. The van der Waals surface area contributed by atoms with Crippen LogP contribution in [0.15, 0.2) is 125 Å². The van der Waals surface area contributed by atoms with E-state index < -0.39 is 34.8 Å². The highest BCUT2D eigenvalue weighted by molar-refractivity contribution is 5.49. The Balaban J connectivity index is 1.47. The predicted octanol–water partition coefficient (Wildman–Crippen LogP) is 4.97. The first-order chi connectivity index (χ1) is 23.3. The molecule has 4 aromatic carbocycles. The van der Waals surface area contributed by atoms with Crippen molar-refractivity contribution in [1.82, 2.24) is 9.55 Å². The first kappa shape index (κ1) is 32.8. The summed E-state index contributed by atoms with van der Waals surface area (Å²) in [6, 6.07) is 34.3. The van der Waals surface area contributed by atoms with Gasteiger partial charge in [-0.05, 0) is 60.0 Å². The maximum absolute atomic E-state index is 12.9. The standard InChI is InChI=1S/C38H38N2O8/c1-26-23-40(36(43)39-35(26)42)34-22-33(41)37(48-34,24-46-32-12-8-5-9-13-32)25-47-38(27-10-6-4-7-11-27,28-14-18-30(44-2)19-15-28)29-16-20-31(45-3)21-17-29/h4-21,23,33-34,41H,22,24-25H2,1-3H3,(H,39,42,43)/t33-,34+,37+/m0/s1. The second kappa shape index (κ2) is 13.9. The number of ether oxygens (including phenoxy) is 5. The minimum atomic E-state index is -1.44. The quantitative estimate of drug-likeness (QED) is 0.182. The maximum Gasteiger partial charge on any atom is 0.330 e. The fourth-order valence-corrected chi connectivity index (χ4v) is 6.10. The number of aromatic nitrogens is 2. The van der Waals surface area contributed by atoms with Crippen LogP contribution < -0.4 is 25.5 Å². The second-order valence-corrected chi connectivity index (χ2v) is 11.8. The molecule has 2 N–H and O–H groups in total. The van der Waals surface area contributed by atoms with Crippen molar-refractivity contribution in [3.8, 4) is 17.2 Å². The number of aryl methyl sites for hydroxylation is 1. The summed E-state index contributed by atoms with van der Waals surface area (Å²) in [7, 11) is 3.22. The van der Waals surface area contributed by atoms with E-state index in [0.29, 0.717) is 22.8 Å². The second-order valence-electron chi connectivity index (χ2n) is 11.8. The van der Waals surface area contributed by atoms with E-state index in [1.54, 1.807) is 21.1 Å². The molecule has 248 valence electrons. The Morgan fingerprint density at radius 2 is 1.33 bits per heavy atom. The van der Waals surface area contributed by atoms with Crippen molar-refractivity contribution in [3.63, 3.8) is 0 Å². The Kier molecular flexibility index (Phi) is 9.49. The zero-order valence-electron chi connectivity index (χ0n) is 27.0. The van der Waals surface area contributed by atoms with Crippen LogP contribution in [0.1, 0.15) is 34.9 Å². The Bertz CT molecular complexity index is 1880. The number of methoxy groups -OCH3 is 2. The fraction of sp³-hybridized carbons (Fsp3) is 0.263. The Hall–Kier alpha value is -5.16. The van der Waals surface area contributed by atoms with Gasteiger partial charge in [0.25, 0.3) is 5.56 Å². The lowest BCUT2D eigenvalue weighted by molar-refractivity contribution is -0.174. The minimum absolute atomic E-state index is 0.0519. The van der Waals surface area contributed by atoms with E-state index in [0.717, 1.165) is 16.7 Å². The molecule has 3 atom stereocenters. The topological polar surface area (TPSA) is 121 Å². The van der Waals surface area contributed by atoms with Gasteiger partial charge in [0, 0.05) is 18.2 Å². The molecule has 1 aliphatic heterocycles. The third-order valence-corrected chi connectivity index (χ3v) is 8.79. The summed E-state index contributed by atoms with van der Waals surface area (Å²) in [6.45, 7) is 1.36. The number of para-hydroxylation sites is 1. The van der Waals surface area contributed by atoms with Gasteiger partial charge < -0.3 is 28.8 Å². The first-order valence-electron chi connectivity index (χ1n) is 15.6. The lowest BCUT2D eigenvalue weighted by Crippen LogP contribution is -2.51. The lowest BCUT2D eigenvalue weighted by atomic mass is 9.79. The van der Waals surface area contributed by atoms with Crippen molar-refractivity contribution >= 4 is 0 Å². The molecule has 2 heterocycles. The minimum Gasteiger partial charge on any atom is -0.497 e. The third kappa shape index (κ3) is 6.37. The summed E-state index contributed by atoms with van der Waals surface area (Å²) in [6.07, 6.45) is -0.531. The molecule has 5 aromatic rings. The van der Waals surface area contributed by atoms with Crippen molar-refractivity contribution in [2.24, 2.45) is 0 Å². The number of H-pyrrole nitrogens is 1. The molecule has 1 saturated heterocycles. The Labute approximate surface area is 278 Å². The summed E-state index contributed by atoms with van der Waals surface area (Å²) in [5.74, 6) is 1.94. The van der Waals surface area contributed by atoms with Crippen LogP contribution in [-0.4, -0.2) is 53.8 Å². The van der Waals surface area contributed by atoms with Crippen LogP contribution in [0.2, 0.25) is 0 Å². The number of nitrogens with zero attached hydrogens (tertiary/aromatic N) is 1. The van der Waals surface area contributed by atoms with E-state index in [-0.39, 0.29) is 19.6 Å². The van der Waals surface area contributed by atoms with Crippen LogP contribution in [-0.2, 0) is 15.1 Å². The lowest BCUT2D eigenvalue weighted by Gasteiger charge is -2.40. The average molecular weight is 651 g/mol. The first-order valence-corrected chi connectivity index (χ1v) is 15.6. The molecule has 10 nitrogen and oxygen atoms in total. The number of aromatic amines is 1. The van der Waals surface area contributed by atoms with Gasteiger partial charge in [0.15, 0.2) is 5.60 Å². The normalized spacial score (nSPS) is 19.2. The Morgan fingerprint density at radius 3 is 1.90 bits per heavy atom. The number of hydrogen-bond donors (Lipinski definition) is 2. The van der Waals surface area contributed by atoms with Gasteiger partial charge in [-0.2, -0.15) is 0 Å². The van der Waals surface area contributed by atoms with Crippen molar-refractivity contribution in [2.75, 3.05) is 27.4 Å². The molecule has 6 rings (SSSR count). The molecule has 10 heteroatoms. The van der Waals surface area contributed by atoms with Crippen LogP contribution in [0.5, 0.6) is 17.2 Å². The fourth-order valence-electron chi connectivity index (χ4n) is 6.10. The van der Waals surface area contributed by atoms with Crippen LogP contribution >= 0.6 is 0 Å². The van der Waals surface area contributed by atoms with Crippen molar-refractivity contribution < 1.29 is 28.8 Å². The van der Waals surface area contributed by atoms with Crippen molar-refractivity contribution in [3.05, 3.63) is 158 Å². The van der Waals surface area contributed by atoms with Gasteiger partial charge in [-0.1, -0.05) is 72.8 Å². The molecule has 0 saturated carbocycles. The van der Waals surface area contributed by atoms with Gasteiger partial charge >= 0.3 is 5.69 Å². The highest BCUT2D eigenvalue weighted by atomic mass is 16.6. The smallest absolute Gasteiger partial charge is 0.330 e. The van der Waals surface area contributed by atoms with E-state index >= 15 is 0 Å². The third-order valence-electron chi connectivity index (χ3n) is 8.79. The monoisotopic (exact) mass is 650 g/mol. The zero-order chi connectivity index (χ0) is 33.7. The van der Waals surface area contributed by atoms with Crippen LogP contribution in [0.3, 0.4) is 0 Å². The summed E-state index contributed by atoms with van der Waals surface area (Å²) in [5, 5.41) is 11.8. The van der Waals surface area contributed by atoms with Gasteiger partial charge in [0.05, 0.1) is 26.9 Å². The molecule has 1 aliphatic rings. The van der Waals surface area contributed by atoms with Crippen LogP contribution in [0.4, 0.5) is 0 Å². The van der Waals surface area contributed by atoms with Crippen molar-refractivity contribution in [2.45, 2.75) is 36.9 Å². The Morgan fingerprint density at radius 1 is 0.792 bits per heavy atom. The summed E-state index contributed by atoms with van der Waals surface area (Å²) >= 11 is 0. The highest BCUT2D eigenvalue weighted by Crippen LogP contribution is 2.45. The molecular formula is C38H38N2O8. The summed E-state index contributed by atoms with van der Waals surface area (Å²) in [4.78, 5) is 27.4. The van der Waals surface area contributed by atoms with E-state index in [1.165, 1.54) is 10.8 Å². The van der Waals surface area contributed by atoms with E-state index in [1.807, 2.05) is 109 Å².